The van der Waals surface area contributed by atoms with Gasteiger partial charge in [0, 0.05) is 12.8 Å². The predicted octanol–water partition coefficient (Wildman–Crippen LogP) is 5.69. The summed E-state index contributed by atoms with van der Waals surface area (Å²) in [6.07, 6.45) is 17.7. The van der Waals surface area contributed by atoms with Gasteiger partial charge in [-0.3, -0.25) is 9.36 Å². The average Bonchev–Trinajstić information content (AvgIpc) is 3.73. The first-order valence-electron chi connectivity index (χ1n) is 17.7. The molecule has 0 aromatic carbocycles. The molecule has 0 bridgehead atoms. The second kappa shape index (κ2) is 12.2. The number of esters is 1. The van der Waals surface area contributed by atoms with Crippen molar-refractivity contribution in [3.05, 3.63) is 11.6 Å². The fourth-order valence-electron chi connectivity index (χ4n) is 11.5. The number of terminal acetylenes is 1. The maximum atomic E-state index is 13.4. The number of halogens is 1. The van der Waals surface area contributed by atoms with E-state index in [1.165, 1.54) is 51.3 Å². The number of nitrogens with zero attached hydrogens (tertiary/aromatic N) is 4. The number of aliphatic hydroxyl groups excluding tert-OH is 2. The number of hydrogen-bond donors (Lipinski definition) is 3. The summed E-state index contributed by atoms with van der Waals surface area (Å²) >= 11 is 6.05. The van der Waals surface area contributed by atoms with Crippen LogP contribution in [-0.4, -0.2) is 60.1 Å². The summed E-state index contributed by atoms with van der Waals surface area (Å²) in [5.41, 5.74) is 5.89. The van der Waals surface area contributed by atoms with Gasteiger partial charge < -0.3 is 25.4 Å². The lowest BCUT2D eigenvalue weighted by molar-refractivity contribution is -0.159. The highest BCUT2D eigenvalue weighted by Crippen LogP contribution is 2.68. The van der Waals surface area contributed by atoms with E-state index >= 15 is 0 Å². The molecule has 7 rings (SSSR count). The van der Waals surface area contributed by atoms with Gasteiger partial charge in [-0.15, -0.1) is 6.42 Å². The van der Waals surface area contributed by atoms with Crippen LogP contribution in [-0.2, 0) is 14.3 Å². The zero-order valence-electron chi connectivity index (χ0n) is 27.9. The summed E-state index contributed by atoms with van der Waals surface area (Å²) < 4.78 is 13.8. The highest BCUT2D eigenvalue weighted by Gasteiger charge is 2.60. The summed E-state index contributed by atoms with van der Waals surface area (Å²) in [7, 11) is 0. The van der Waals surface area contributed by atoms with Gasteiger partial charge in [-0.05, 0) is 122 Å². The monoisotopic (exact) mass is 667 g/mol. The molecule has 2 aromatic rings. The number of ether oxygens (including phenoxy) is 2. The number of imidazole rings is 1. The normalized spacial score (nSPS) is 41.9. The molecule has 11 heteroatoms. The first kappa shape index (κ1) is 33.1. The number of rotatable bonds is 7. The van der Waals surface area contributed by atoms with Crippen LogP contribution in [0.2, 0.25) is 5.28 Å². The third kappa shape index (κ3) is 5.35. The molecule has 12 atom stereocenters. The molecule has 0 amide bonds. The van der Waals surface area contributed by atoms with Gasteiger partial charge in [-0.2, -0.15) is 9.97 Å². The highest BCUT2D eigenvalue weighted by atomic mass is 35.5. The molecule has 2 aromatic heterocycles. The first-order valence-corrected chi connectivity index (χ1v) is 18.1. The van der Waals surface area contributed by atoms with E-state index < -0.39 is 24.5 Å². The first-order chi connectivity index (χ1) is 22.4. The summed E-state index contributed by atoms with van der Waals surface area (Å²) in [6, 6.07) is 0. The number of nitrogen functional groups attached to an aromatic ring is 1. The zero-order chi connectivity index (χ0) is 33.3. The van der Waals surface area contributed by atoms with Gasteiger partial charge in [0.05, 0.1) is 19.0 Å². The fraction of sp³-hybridized carbons (Fsp3) is 0.778. The predicted molar refractivity (Wildman–Crippen MR) is 178 cm³/mol. The van der Waals surface area contributed by atoms with Crippen LogP contribution in [0.5, 0.6) is 0 Å². The lowest BCUT2D eigenvalue weighted by atomic mass is 9.44. The number of nitrogens with two attached hydrogens (primary N) is 1. The van der Waals surface area contributed by atoms with E-state index in [1.54, 1.807) is 4.57 Å². The SMILES string of the molecule is C#C[C@]1(CO)O[C@@H](n2cnc3c(N)nc(Cl)nc32)C[C@@H]1OC(=O)CC[C@@H](C)[C@H]1CC[C@H]2[C@@H]3CC[C@@H]4C[C@H](O)CC[C@]4(C)[C@H]3CC[C@]12C. The second-order valence-electron chi connectivity index (χ2n) is 16.0. The number of fused-ring (bicyclic) bond motifs is 6. The van der Waals surface area contributed by atoms with E-state index in [4.69, 9.17) is 33.2 Å². The number of anilines is 1. The third-order valence-corrected chi connectivity index (χ3v) is 14.1. The van der Waals surface area contributed by atoms with Crippen molar-refractivity contribution in [2.24, 2.45) is 46.3 Å². The van der Waals surface area contributed by atoms with Gasteiger partial charge in [0.2, 0.25) is 5.28 Å². The average molecular weight is 668 g/mol. The standard InChI is InChI=1S/C36H50ClN5O5/c1-5-36(18-43)27(17-28(47-36)42-19-39-30-31(38)40-33(37)41-32(30)42)46-29(45)11-6-20(2)24-9-10-25-23-8-7-21-16-22(44)12-14-34(21,3)26(23)13-15-35(24,25)4/h1,19-28,43-44H,6-18H2,2-4H3,(H2,38,40,41)/t20-,21-,22-,23+,24-,25+,26+,27+,28-,34+,35-,36-/m1/s1. The molecular weight excluding hydrogens is 618 g/mol. The van der Waals surface area contributed by atoms with Crippen LogP contribution >= 0.6 is 11.6 Å². The molecule has 0 radical (unpaired) electrons. The minimum Gasteiger partial charge on any atom is -0.458 e. The van der Waals surface area contributed by atoms with Crippen molar-refractivity contribution in [1.29, 1.82) is 0 Å². The van der Waals surface area contributed by atoms with Crippen LogP contribution in [0, 0.1) is 58.7 Å². The van der Waals surface area contributed by atoms with Crippen LogP contribution in [0.25, 0.3) is 11.2 Å². The van der Waals surface area contributed by atoms with Crippen LogP contribution in [0.1, 0.15) is 104 Å². The Morgan fingerprint density at radius 3 is 2.70 bits per heavy atom. The largest absolute Gasteiger partial charge is 0.458 e. The van der Waals surface area contributed by atoms with Crippen molar-refractivity contribution in [2.75, 3.05) is 12.3 Å². The van der Waals surface area contributed by atoms with E-state index in [2.05, 4.69) is 41.6 Å². The summed E-state index contributed by atoms with van der Waals surface area (Å²) in [6.45, 7) is 6.90. The molecule has 3 heterocycles. The number of carbonyl (C=O) groups excluding carboxylic acids is 1. The molecule has 256 valence electrons. The molecule has 4 saturated carbocycles. The summed E-state index contributed by atoms with van der Waals surface area (Å²) in [5.74, 6) is 6.31. The van der Waals surface area contributed by atoms with E-state index in [0.29, 0.717) is 39.7 Å². The van der Waals surface area contributed by atoms with Crippen molar-refractivity contribution in [3.63, 3.8) is 0 Å². The van der Waals surface area contributed by atoms with Crippen molar-refractivity contribution in [1.82, 2.24) is 19.5 Å². The Morgan fingerprint density at radius 2 is 1.94 bits per heavy atom. The Labute approximate surface area is 282 Å². The Hall–Kier alpha value is -2.45. The molecule has 5 fully saturated rings. The Bertz CT molecular complexity index is 1560. The second-order valence-corrected chi connectivity index (χ2v) is 16.3. The molecule has 1 aliphatic heterocycles. The van der Waals surface area contributed by atoms with Gasteiger partial charge in [0.25, 0.3) is 0 Å². The highest BCUT2D eigenvalue weighted by molar-refractivity contribution is 6.28. The van der Waals surface area contributed by atoms with Gasteiger partial charge >= 0.3 is 5.97 Å². The Balaban J connectivity index is 0.989. The number of aliphatic hydroxyl groups is 2. The minimum absolute atomic E-state index is 0.0284. The van der Waals surface area contributed by atoms with E-state index in [9.17, 15) is 15.0 Å². The summed E-state index contributed by atoms with van der Waals surface area (Å²) in [4.78, 5) is 25.9. The molecule has 0 unspecified atom stereocenters. The number of carbonyl (C=O) groups is 1. The molecule has 4 aliphatic carbocycles. The van der Waals surface area contributed by atoms with E-state index in [-0.39, 0.29) is 36.0 Å². The Morgan fingerprint density at radius 1 is 1.17 bits per heavy atom. The molecule has 1 saturated heterocycles. The van der Waals surface area contributed by atoms with Crippen LogP contribution in [0.15, 0.2) is 6.33 Å². The topological polar surface area (TPSA) is 146 Å². The van der Waals surface area contributed by atoms with Crippen LogP contribution in [0.4, 0.5) is 5.82 Å². The van der Waals surface area contributed by atoms with Gasteiger partial charge in [0.1, 0.15) is 17.8 Å². The van der Waals surface area contributed by atoms with E-state index in [1.807, 2.05) is 0 Å². The zero-order valence-corrected chi connectivity index (χ0v) is 28.7. The van der Waals surface area contributed by atoms with Crippen LogP contribution in [0.3, 0.4) is 0 Å². The van der Waals surface area contributed by atoms with Gasteiger partial charge in [0.15, 0.2) is 17.1 Å². The number of hydrogen-bond acceptors (Lipinski definition) is 9. The Kier molecular flexibility index (Phi) is 8.55. The van der Waals surface area contributed by atoms with E-state index in [0.717, 1.165) is 37.0 Å². The summed E-state index contributed by atoms with van der Waals surface area (Å²) in [5, 5.41) is 20.7. The molecule has 4 N–H and O–H groups in total. The quantitative estimate of drug-likeness (QED) is 0.192. The lowest BCUT2D eigenvalue weighted by Crippen LogP contribution is -2.54. The number of aromatic nitrogens is 4. The van der Waals surface area contributed by atoms with Gasteiger partial charge in [-0.25, -0.2) is 4.98 Å². The van der Waals surface area contributed by atoms with Crippen molar-refractivity contribution in [2.45, 2.75) is 122 Å². The van der Waals surface area contributed by atoms with Gasteiger partial charge in [-0.1, -0.05) is 26.7 Å². The maximum absolute atomic E-state index is 13.4. The van der Waals surface area contributed by atoms with Crippen molar-refractivity contribution in [3.8, 4) is 12.3 Å². The van der Waals surface area contributed by atoms with Crippen molar-refractivity contribution < 1.29 is 24.5 Å². The fourth-order valence-corrected chi connectivity index (χ4v) is 11.6. The smallest absolute Gasteiger partial charge is 0.306 e. The molecule has 47 heavy (non-hydrogen) atoms. The molecular formula is C36H50ClN5O5. The minimum atomic E-state index is -1.50. The maximum Gasteiger partial charge on any atom is 0.306 e. The van der Waals surface area contributed by atoms with Crippen molar-refractivity contribution >= 4 is 34.6 Å². The molecule has 5 aliphatic rings. The third-order valence-electron chi connectivity index (χ3n) is 14.0. The molecule has 0 spiro atoms. The lowest BCUT2D eigenvalue weighted by Gasteiger charge is -2.61. The van der Waals surface area contributed by atoms with Crippen LogP contribution < -0.4 is 5.73 Å². The molecule has 10 nitrogen and oxygen atoms in total.